The van der Waals surface area contributed by atoms with Crippen LogP contribution < -0.4 is 5.32 Å². The Balaban J connectivity index is 2.50. The third-order valence-electron chi connectivity index (χ3n) is 2.59. The predicted octanol–water partition coefficient (Wildman–Crippen LogP) is -0.543. The molecule has 1 aliphatic heterocycles. The topological polar surface area (TPSA) is 113 Å². The number of carboxylic acid groups (broad SMARTS) is 2. The lowest BCUT2D eigenvalue weighted by molar-refractivity contribution is -0.148. The number of hydrogen-bond donors (Lipinski definition) is 3. The number of amides is 1. The van der Waals surface area contributed by atoms with E-state index in [1.807, 2.05) is 0 Å². The van der Waals surface area contributed by atoms with Crippen LogP contribution in [0.5, 0.6) is 0 Å². The van der Waals surface area contributed by atoms with Gasteiger partial charge >= 0.3 is 11.9 Å². The summed E-state index contributed by atoms with van der Waals surface area (Å²) in [6, 6.07) is -1.37. The number of aliphatic carboxylic acids is 2. The van der Waals surface area contributed by atoms with E-state index in [4.69, 9.17) is 14.9 Å². The molecule has 7 heteroatoms. The minimum Gasteiger partial charge on any atom is -0.481 e. The highest BCUT2D eigenvalue weighted by Crippen LogP contribution is 2.15. The van der Waals surface area contributed by atoms with E-state index in [0.29, 0.717) is 26.1 Å². The van der Waals surface area contributed by atoms with E-state index in [2.05, 4.69) is 5.32 Å². The number of hydrogen-bond acceptors (Lipinski definition) is 4. The fourth-order valence-corrected chi connectivity index (χ4v) is 1.62. The van der Waals surface area contributed by atoms with Gasteiger partial charge in [-0.15, -0.1) is 0 Å². The van der Waals surface area contributed by atoms with Gasteiger partial charge in [0.2, 0.25) is 5.91 Å². The van der Waals surface area contributed by atoms with Crippen LogP contribution in [0.25, 0.3) is 0 Å². The van der Waals surface area contributed by atoms with Crippen molar-refractivity contribution in [3.63, 3.8) is 0 Å². The molecule has 1 amide bonds. The Bertz CT molecular complexity index is 310. The highest BCUT2D eigenvalue weighted by atomic mass is 16.5. The largest absolute Gasteiger partial charge is 0.481 e. The summed E-state index contributed by atoms with van der Waals surface area (Å²) in [6.45, 7) is 0.934. The molecule has 0 bridgehead atoms. The molecule has 1 saturated heterocycles. The van der Waals surface area contributed by atoms with Crippen molar-refractivity contribution in [3.05, 3.63) is 0 Å². The minimum atomic E-state index is -1.37. The number of ether oxygens (including phenoxy) is 1. The van der Waals surface area contributed by atoms with Gasteiger partial charge in [0.1, 0.15) is 6.04 Å². The Morgan fingerprint density at radius 2 is 1.82 bits per heavy atom. The molecule has 0 aliphatic carbocycles. The van der Waals surface area contributed by atoms with E-state index in [1.165, 1.54) is 0 Å². The molecule has 0 aromatic heterocycles. The maximum atomic E-state index is 11.7. The molecule has 0 aromatic carbocycles. The van der Waals surface area contributed by atoms with E-state index >= 15 is 0 Å². The molecule has 0 aromatic rings. The first-order valence-corrected chi connectivity index (χ1v) is 5.33. The summed E-state index contributed by atoms with van der Waals surface area (Å²) < 4.78 is 5.08. The van der Waals surface area contributed by atoms with Crippen LogP contribution in [0.2, 0.25) is 0 Å². The first kappa shape index (κ1) is 13.4. The van der Waals surface area contributed by atoms with Crippen LogP contribution in [0, 0.1) is 5.92 Å². The fraction of sp³-hybridized carbons (Fsp3) is 0.700. The molecule has 1 atom stereocenters. The highest BCUT2D eigenvalue weighted by Gasteiger charge is 2.28. The second kappa shape index (κ2) is 6.19. The van der Waals surface area contributed by atoms with Crippen molar-refractivity contribution in [1.82, 2.24) is 5.32 Å². The third kappa shape index (κ3) is 4.39. The second-order valence-corrected chi connectivity index (χ2v) is 3.88. The molecule has 1 aliphatic rings. The molecule has 0 radical (unpaired) electrons. The molecule has 7 nitrogen and oxygen atoms in total. The van der Waals surface area contributed by atoms with Crippen molar-refractivity contribution in [2.24, 2.45) is 5.92 Å². The zero-order valence-electron chi connectivity index (χ0n) is 9.22. The van der Waals surface area contributed by atoms with Gasteiger partial charge in [0.15, 0.2) is 0 Å². The molecule has 17 heavy (non-hydrogen) atoms. The summed E-state index contributed by atoms with van der Waals surface area (Å²) in [6.07, 6.45) is 0.445. The van der Waals surface area contributed by atoms with Gasteiger partial charge in [0, 0.05) is 19.1 Å². The second-order valence-electron chi connectivity index (χ2n) is 3.88. The highest BCUT2D eigenvalue weighted by molar-refractivity contribution is 5.87. The summed E-state index contributed by atoms with van der Waals surface area (Å²) in [5.41, 5.74) is 0. The number of rotatable bonds is 5. The van der Waals surface area contributed by atoms with Crippen LogP contribution in [-0.4, -0.2) is 47.3 Å². The van der Waals surface area contributed by atoms with Crippen molar-refractivity contribution in [2.45, 2.75) is 25.3 Å². The van der Waals surface area contributed by atoms with Crippen molar-refractivity contribution in [3.8, 4) is 0 Å². The third-order valence-corrected chi connectivity index (χ3v) is 2.59. The van der Waals surface area contributed by atoms with Gasteiger partial charge in [0.25, 0.3) is 0 Å². The maximum Gasteiger partial charge on any atom is 0.326 e. The summed E-state index contributed by atoms with van der Waals surface area (Å²) in [5, 5.41) is 19.5. The summed E-state index contributed by atoms with van der Waals surface area (Å²) in [7, 11) is 0. The summed E-state index contributed by atoms with van der Waals surface area (Å²) in [5.74, 6) is -3.31. The molecule has 0 unspecified atom stereocenters. The van der Waals surface area contributed by atoms with Gasteiger partial charge in [-0.25, -0.2) is 4.79 Å². The lowest BCUT2D eigenvalue weighted by atomic mass is 9.99. The van der Waals surface area contributed by atoms with Crippen LogP contribution in [-0.2, 0) is 19.1 Å². The number of carbonyl (C=O) groups is 3. The van der Waals surface area contributed by atoms with Gasteiger partial charge in [-0.3, -0.25) is 9.59 Å². The predicted molar refractivity (Wildman–Crippen MR) is 55.4 cm³/mol. The normalized spacial score (nSPS) is 18.4. The average molecular weight is 245 g/mol. The van der Waals surface area contributed by atoms with E-state index in [-0.39, 0.29) is 5.92 Å². The lowest BCUT2D eigenvalue weighted by Crippen LogP contribution is -2.45. The monoisotopic (exact) mass is 245 g/mol. The summed E-state index contributed by atoms with van der Waals surface area (Å²) >= 11 is 0. The molecular formula is C10H15NO6. The van der Waals surface area contributed by atoms with Crippen LogP contribution in [0.15, 0.2) is 0 Å². The zero-order chi connectivity index (χ0) is 12.8. The van der Waals surface area contributed by atoms with Gasteiger partial charge in [-0.05, 0) is 12.8 Å². The SMILES string of the molecule is O=C(O)C[C@H](NC(=O)C1CCOCC1)C(=O)O. The molecule has 3 N–H and O–H groups in total. The molecule has 1 rings (SSSR count). The van der Waals surface area contributed by atoms with Crippen LogP contribution in [0.3, 0.4) is 0 Å². The number of carboxylic acids is 2. The summed E-state index contributed by atoms with van der Waals surface area (Å²) in [4.78, 5) is 32.9. The molecule has 1 fully saturated rings. The van der Waals surface area contributed by atoms with Crippen molar-refractivity contribution >= 4 is 17.8 Å². The van der Waals surface area contributed by atoms with Crippen molar-refractivity contribution < 1.29 is 29.3 Å². The first-order valence-electron chi connectivity index (χ1n) is 5.33. The Morgan fingerprint density at radius 1 is 1.24 bits per heavy atom. The van der Waals surface area contributed by atoms with Crippen molar-refractivity contribution in [1.29, 1.82) is 0 Å². The fourth-order valence-electron chi connectivity index (χ4n) is 1.62. The van der Waals surface area contributed by atoms with Gasteiger partial charge in [-0.1, -0.05) is 0 Å². The first-order chi connectivity index (χ1) is 8.00. The number of nitrogens with one attached hydrogen (secondary N) is 1. The molecule has 1 heterocycles. The van der Waals surface area contributed by atoms with Crippen LogP contribution in [0.4, 0.5) is 0 Å². The smallest absolute Gasteiger partial charge is 0.326 e. The van der Waals surface area contributed by atoms with E-state index < -0.39 is 30.3 Å². The molecule has 96 valence electrons. The van der Waals surface area contributed by atoms with Crippen LogP contribution in [0.1, 0.15) is 19.3 Å². The minimum absolute atomic E-state index is 0.292. The quantitative estimate of drug-likeness (QED) is 0.599. The molecule has 0 spiro atoms. The maximum absolute atomic E-state index is 11.7. The van der Waals surface area contributed by atoms with E-state index in [1.54, 1.807) is 0 Å². The Kier molecular flexibility index (Phi) is 4.89. The number of carbonyl (C=O) groups excluding carboxylic acids is 1. The van der Waals surface area contributed by atoms with E-state index in [9.17, 15) is 14.4 Å². The van der Waals surface area contributed by atoms with Gasteiger partial charge in [0.05, 0.1) is 6.42 Å². The molecular weight excluding hydrogens is 230 g/mol. The standard InChI is InChI=1S/C10H15NO6/c12-8(13)5-7(10(15)16)11-9(14)6-1-3-17-4-2-6/h6-7H,1-5H2,(H,11,14)(H,12,13)(H,15,16)/t7-/m0/s1. The van der Waals surface area contributed by atoms with Crippen molar-refractivity contribution in [2.75, 3.05) is 13.2 Å². The van der Waals surface area contributed by atoms with E-state index in [0.717, 1.165) is 0 Å². The average Bonchev–Trinajstić information content (AvgIpc) is 2.28. The Labute approximate surface area is 97.8 Å². The Morgan fingerprint density at radius 3 is 2.29 bits per heavy atom. The molecule has 0 saturated carbocycles. The van der Waals surface area contributed by atoms with Crippen LogP contribution >= 0.6 is 0 Å². The van der Waals surface area contributed by atoms with Gasteiger partial charge in [-0.2, -0.15) is 0 Å². The Hall–Kier alpha value is -1.63. The lowest BCUT2D eigenvalue weighted by Gasteiger charge is -2.22. The van der Waals surface area contributed by atoms with Gasteiger partial charge < -0.3 is 20.3 Å². The zero-order valence-corrected chi connectivity index (χ0v) is 9.22.